The SMILES string of the molecule is CCOCCCC(=O)NCc1ccc(N2CCOCC2)cc1C(F)(F)F. The molecule has 1 saturated heterocycles. The number of morpholine rings is 1. The van der Waals surface area contributed by atoms with E-state index in [4.69, 9.17) is 9.47 Å². The highest BCUT2D eigenvalue weighted by atomic mass is 19.4. The van der Waals surface area contributed by atoms with Crippen LogP contribution in [0.1, 0.15) is 30.9 Å². The molecule has 0 unspecified atom stereocenters. The number of carbonyl (C=O) groups excluding carboxylic acids is 1. The second kappa shape index (κ2) is 9.78. The van der Waals surface area contributed by atoms with Gasteiger partial charge in [-0.25, -0.2) is 0 Å². The summed E-state index contributed by atoms with van der Waals surface area (Å²) in [5.41, 5.74) is -0.129. The lowest BCUT2D eigenvalue weighted by atomic mass is 10.0. The zero-order valence-electron chi connectivity index (χ0n) is 14.9. The quantitative estimate of drug-likeness (QED) is 0.711. The number of rotatable bonds is 8. The van der Waals surface area contributed by atoms with Crippen LogP contribution in [-0.4, -0.2) is 45.4 Å². The minimum atomic E-state index is -4.47. The molecule has 2 rings (SSSR count). The molecule has 1 aliphatic heterocycles. The van der Waals surface area contributed by atoms with Gasteiger partial charge in [0.2, 0.25) is 5.91 Å². The number of hydrogen-bond donors (Lipinski definition) is 1. The summed E-state index contributed by atoms with van der Waals surface area (Å²) in [4.78, 5) is 13.7. The smallest absolute Gasteiger partial charge is 0.382 e. The lowest BCUT2D eigenvalue weighted by molar-refractivity contribution is -0.138. The highest BCUT2D eigenvalue weighted by Gasteiger charge is 2.34. The van der Waals surface area contributed by atoms with E-state index in [1.807, 2.05) is 11.8 Å². The minimum absolute atomic E-state index is 0.0627. The Labute approximate surface area is 151 Å². The Kier molecular flexibility index (Phi) is 7.71. The van der Waals surface area contributed by atoms with Gasteiger partial charge in [-0.15, -0.1) is 0 Å². The Balaban J connectivity index is 2.01. The first-order valence-corrected chi connectivity index (χ1v) is 8.79. The third kappa shape index (κ3) is 6.17. The van der Waals surface area contributed by atoms with Gasteiger partial charge in [0.05, 0.1) is 18.8 Å². The first kappa shape index (κ1) is 20.5. The molecule has 1 N–H and O–H groups in total. The van der Waals surface area contributed by atoms with Crippen LogP contribution in [-0.2, 0) is 27.0 Å². The number of hydrogen-bond acceptors (Lipinski definition) is 4. The van der Waals surface area contributed by atoms with E-state index < -0.39 is 11.7 Å². The molecule has 1 heterocycles. The van der Waals surface area contributed by atoms with Crippen LogP contribution >= 0.6 is 0 Å². The Morgan fingerprint density at radius 3 is 2.69 bits per heavy atom. The van der Waals surface area contributed by atoms with Gasteiger partial charge >= 0.3 is 6.18 Å². The summed E-state index contributed by atoms with van der Waals surface area (Å²) >= 11 is 0. The maximum Gasteiger partial charge on any atom is 0.416 e. The number of ether oxygens (including phenoxy) is 2. The topological polar surface area (TPSA) is 50.8 Å². The van der Waals surface area contributed by atoms with E-state index in [0.29, 0.717) is 51.6 Å². The van der Waals surface area contributed by atoms with Crippen LogP contribution in [0.4, 0.5) is 18.9 Å². The van der Waals surface area contributed by atoms with Gasteiger partial charge in [0.15, 0.2) is 0 Å². The molecule has 0 radical (unpaired) electrons. The first-order chi connectivity index (χ1) is 12.4. The lowest BCUT2D eigenvalue weighted by Gasteiger charge is -2.29. The summed E-state index contributed by atoms with van der Waals surface area (Å²) < 4.78 is 50.7. The molecule has 0 saturated carbocycles. The normalized spacial score (nSPS) is 15.2. The molecular formula is C18H25F3N2O3. The van der Waals surface area contributed by atoms with Crippen LogP contribution in [0.5, 0.6) is 0 Å². The van der Waals surface area contributed by atoms with E-state index in [-0.39, 0.29) is 24.4 Å². The third-order valence-corrected chi connectivity index (χ3v) is 4.15. The number of nitrogens with one attached hydrogen (secondary N) is 1. The second-order valence-corrected chi connectivity index (χ2v) is 6.02. The van der Waals surface area contributed by atoms with E-state index in [9.17, 15) is 18.0 Å². The summed E-state index contributed by atoms with van der Waals surface area (Å²) in [5, 5.41) is 2.56. The molecule has 5 nitrogen and oxygen atoms in total. The molecule has 1 aromatic carbocycles. The number of carbonyl (C=O) groups is 1. The average molecular weight is 374 g/mol. The maximum atomic E-state index is 13.4. The fourth-order valence-corrected chi connectivity index (χ4v) is 2.76. The Hall–Kier alpha value is -1.80. The maximum absolute atomic E-state index is 13.4. The van der Waals surface area contributed by atoms with Crippen molar-refractivity contribution in [2.24, 2.45) is 0 Å². The van der Waals surface area contributed by atoms with Crippen molar-refractivity contribution < 1.29 is 27.4 Å². The van der Waals surface area contributed by atoms with Crippen molar-refractivity contribution in [2.75, 3.05) is 44.4 Å². The summed E-state index contributed by atoms with van der Waals surface area (Å²) in [7, 11) is 0. The molecule has 0 bridgehead atoms. The molecule has 1 fully saturated rings. The molecular weight excluding hydrogens is 349 g/mol. The number of alkyl halides is 3. The van der Waals surface area contributed by atoms with Gasteiger partial charge in [0.25, 0.3) is 0 Å². The van der Waals surface area contributed by atoms with Crippen LogP contribution < -0.4 is 10.2 Å². The highest BCUT2D eigenvalue weighted by Crippen LogP contribution is 2.35. The highest BCUT2D eigenvalue weighted by molar-refractivity contribution is 5.75. The van der Waals surface area contributed by atoms with Gasteiger partial charge < -0.3 is 19.7 Å². The van der Waals surface area contributed by atoms with Crippen molar-refractivity contribution in [3.05, 3.63) is 29.3 Å². The molecule has 26 heavy (non-hydrogen) atoms. The van der Waals surface area contributed by atoms with E-state index in [1.165, 1.54) is 6.07 Å². The van der Waals surface area contributed by atoms with Gasteiger partial charge in [-0.05, 0) is 31.0 Å². The third-order valence-electron chi connectivity index (χ3n) is 4.15. The van der Waals surface area contributed by atoms with Gasteiger partial charge in [-0.2, -0.15) is 13.2 Å². The van der Waals surface area contributed by atoms with Gasteiger partial charge in [-0.1, -0.05) is 6.07 Å². The van der Waals surface area contributed by atoms with Crippen LogP contribution in [0.2, 0.25) is 0 Å². The van der Waals surface area contributed by atoms with Crippen molar-refractivity contribution in [1.82, 2.24) is 5.32 Å². The lowest BCUT2D eigenvalue weighted by Crippen LogP contribution is -2.36. The second-order valence-electron chi connectivity index (χ2n) is 6.02. The largest absolute Gasteiger partial charge is 0.416 e. The number of nitrogens with zero attached hydrogens (tertiary/aromatic N) is 1. The van der Waals surface area contributed by atoms with E-state index in [2.05, 4.69) is 5.32 Å². The fraction of sp³-hybridized carbons (Fsp3) is 0.611. The van der Waals surface area contributed by atoms with E-state index in [0.717, 1.165) is 6.07 Å². The van der Waals surface area contributed by atoms with Crippen molar-refractivity contribution in [2.45, 2.75) is 32.5 Å². The van der Waals surface area contributed by atoms with Gasteiger partial charge in [0.1, 0.15) is 0 Å². The monoisotopic (exact) mass is 374 g/mol. The molecule has 0 spiro atoms. The standard InChI is InChI=1S/C18H25F3N2O3/c1-2-25-9-3-4-17(24)22-13-14-5-6-15(12-16(14)18(19,20)21)23-7-10-26-11-8-23/h5-6,12H,2-4,7-11,13H2,1H3,(H,22,24). The van der Waals surface area contributed by atoms with E-state index in [1.54, 1.807) is 6.07 Å². The fourth-order valence-electron chi connectivity index (χ4n) is 2.76. The van der Waals surface area contributed by atoms with Gasteiger partial charge in [0, 0.05) is 45.0 Å². The molecule has 8 heteroatoms. The number of anilines is 1. The van der Waals surface area contributed by atoms with Crippen LogP contribution in [0.3, 0.4) is 0 Å². The van der Waals surface area contributed by atoms with Crippen molar-refractivity contribution in [1.29, 1.82) is 0 Å². The van der Waals surface area contributed by atoms with Crippen LogP contribution in [0.25, 0.3) is 0 Å². The summed E-state index contributed by atoms with van der Waals surface area (Å²) in [5.74, 6) is -0.282. The molecule has 146 valence electrons. The van der Waals surface area contributed by atoms with E-state index >= 15 is 0 Å². The Morgan fingerprint density at radius 1 is 1.31 bits per heavy atom. The molecule has 1 amide bonds. The summed E-state index contributed by atoms with van der Waals surface area (Å²) in [6, 6.07) is 4.26. The predicted molar refractivity (Wildman–Crippen MR) is 92.0 cm³/mol. The van der Waals surface area contributed by atoms with Crippen LogP contribution in [0, 0.1) is 0 Å². The molecule has 1 aliphatic rings. The molecule has 0 aliphatic carbocycles. The number of amides is 1. The first-order valence-electron chi connectivity index (χ1n) is 8.79. The van der Waals surface area contributed by atoms with Gasteiger partial charge in [-0.3, -0.25) is 4.79 Å². The Bertz CT molecular complexity index is 588. The zero-order chi connectivity index (χ0) is 19.0. The number of benzene rings is 1. The van der Waals surface area contributed by atoms with Crippen LogP contribution in [0.15, 0.2) is 18.2 Å². The summed E-state index contributed by atoms with van der Waals surface area (Å²) in [6.45, 7) is 4.88. The minimum Gasteiger partial charge on any atom is -0.382 e. The average Bonchev–Trinajstić information content (AvgIpc) is 2.63. The van der Waals surface area contributed by atoms with Crippen molar-refractivity contribution in [3.63, 3.8) is 0 Å². The number of halogens is 3. The zero-order valence-corrected chi connectivity index (χ0v) is 14.9. The predicted octanol–water partition coefficient (Wildman–Crippen LogP) is 2.97. The molecule has 0 aromatic heterocycles. The molecule has 0 atom stereocenters. The Morgan fingerprint density at radius 2 is 2.04 bits per heavy atom. The van der Waals surface area contributed by atoms with Crippen molar-refractivity contribution in [3.8, 4) is 0 Å². The summed E-state index contributed by atoms with van der Waals surface area (Å²) in [6.07, 6.45) is -3.70. The van der Waals surface area contributed by atoms with Crippen molar-refractivity contribution >= 4 is 11.6 Å². The molecule has 1 aromatic rings.